The van der Waals surface area contributed by atoms with Crippen molar-refractivity contribution in [2.45, 2.75) is 45.1 Å². The van der Waals surface area contributed by atoms with Crippen LogP contribution in [0.25, 0.3) is 0 Å². The summed E-state index contributed by atoms with van der Waals surface area (Å²) in [7, 11) is 0. The van der Waals surface area contributed by atoms with Crippen molar-refractivity contribution in [3.05, 3.63) is 21.9 Å². The minimum absolute atomic E-state index is 0.294. The van der Waals surface area contributed by atoms with Crippen molar-refractivity contribution >= 4 is 11.3 Å². The van der Waals surface area contributed by atoms with Crippen molar-refractivity contribution in [1.29, 1.82) is 0 Å². The minimum Gasteiger partial charge on any atom is -0.323 e. The van der Waals surface area contributed by atoms with Gasteiger partial charge in [0.2, 0.25) is 0 Å². The fraction of sp³-hybridized carbons (Fsp3) is 0.714. The van der Waals surface area contributed by atoms with Crippen molar-refractivity contribution in [2.24, 2.45) is 23.5 Å². The third kappa shape index (κ3) is 1.93. The van der Waals surface area contributed by atoms with Crippen LogP contribution in [0.4, 0.5) is 0 Å². The lowest BCUT2D eigenvalue weighted by Gasteiger charge is -2.24. The highest BCUT2D eigenvalue weighted by Crippen LogP contribution is 2.50. The van der Waals surface area contributed by atoms with Crippen LogP contribution in [0.2, 0.25) is 0 Å². The Labute approximate surface area is 102 Å². The Kier molecular flexibility index (Phi) is 2.80. The predicted octanol–water partition coefficient (Wildman–Crippen LogP) is 3.88. The molecule has 4 atom stereocenters. The van der Waals surface area contributed by atoms with Crippen LogP contribution in [-0.2, 0) is 0 Å². The van der Waals surface area contributed by atoms with E-state index in [4.69, 9.17) is 5.73 Å². The zero-order valence-electron chi connectivity index (χ0n) is 9.99. The number of thiophene rings is 1. The second kappa shape index (κ2) is 4.15. The number of fused-ring (bicyclic) bond motifs is 2. The van der Waals surface area contributed by atoms with E-state index in [0.29, 0.717) is 6.04 Å². The molecule has 2 aliphatic rings. The van der Waals surface area contributed by atoms with Crippen LogP contribution in [0, 0.1) is 24.7 Å². The lowest BCUT2D eigenvalue weighted by molar-refractivity contribution is 0.297. The first-order chi connectivity index (χ1) is 7.72. The maximum Gasteiger partial charge on any atom is 0.0392 e. The van der Waals surface area contributed by atoms with Gasteiger partial charge in [-0.1, -0.05) is 6.42 Å². The Balaban J connectivity index is 1.62. The monoisotopic (exact) mass is 235 g/mol. The third-order valence-corrected chi connectivity index (χ3v) is 5.70. The van der Waals surface area contributed by atoms with Crippen molar-refractivity contribution in [3.8, 4) is 0 Å². The summed E-state index contributed by atoms with van der Waals surface area (Å²) >= 11 is 1.87. The summed E-state index contributed by atoms with van der Waals surface area (Å²) in [5.74, 6) is 2.99. The molecule has 0 spiro atoms. The SMILES string of the molecule is Cc1ccc(C(N)CC2CC3CCC2C3)s1. The molecule has 4 unspecified atom stereocenters. The molecular formula is C14H21NS. The van der Waals surface area contributed by atoms with E-state index in [1.807, 2.05) is 11.3 Å². The lowest BCUT2D eigenvalue weighted by Crippen LogP contribution is -2.18. The van der Waals surface area contributed by atoms with E-state index in [9.17, 15) is 0 Å². The summed E-state index contributed by atoms with van der Waals surface area (Å²) in [6, 6.07) is 4.71. The quantitative estimate of drug-likeness (QED) is 0.845. The molecule has 1 heterocycles. The van der Waals surface area contributed by atoms with Crippen molar-refractivity contribution < 1.29 is 0 Å². The molecule has 0 aliphatic heterocycles. The largest absolute Gasteiger partial charge is 0.323 e. The van der Waals surface area contributed by atoms with E-state index >= 15 is 0 Å². The summed E-state index contributed by atoms with van der Waals surface area (Å²) in [6.45, 7) is 2.17. The van der Waals surface area contributed by atoms with E-state index < -0.39 is 0 Å². The van der Waals surface area contributed by atoms with Crippen molar-refractivity contribution in [2.75, 3.05) is 0 Å². The predicted molar refractivity (Wildman–Crippen MR) is 69.5 cm³/mol. The van der Waals surface area contributed by atoms with Gasteiger partial charge in [-0.3, -0.25) is 0 Å². The van der Waals surface area contributed by atoms with E-state index in [0.717, 1.165) is 17.8 Å². The Morgan fingerprint density at radius 1 is 1.38 bits per heavy atom. The third-order valence-electron chi connectivity index (χ3n) is 4.57. The van der Waals surface area contributed by atoms with Crippen LogP contribution >= 0.6 is 11.3 Å². The Bertz CT molecular complexity index is 371. The van der Waals surface area contributed by atoms with Gasteiger partial charge in [-0.15, -0.1) is 11.3 Å². The summed E-state index contributed by atoms with van der Waals surface area (Å²) in [5, 5.41) is 0. The van der Waals surface area contributed by atoms with Gasteiger partial charge in [0.1, 0.15) is 0 Å². The van der Waals surface area contributed by atoms with E-state index in [1.54, 1.807) is 0 Å². The van der Waals surface area contributed by atoms with Crippen LogP contribution in [-0.4, -0.2) is 0 Å². The molecule has 88 valence electrons. The number of aryl methyl sites for hydroxylation is 1. The van der Waals surface area contributed by atoms with Gasteiger partial charge in [-0.05, 0) is 62.5 Å². The summed E-state index contributed by atoms with van der Waals surface area (Å²) in [4.78, 5) is 2.78. The van der Waals surface area contributed by atoms with Crippen LogP contribution in [0.15, 0.2) is 12.1 Å². The van der Waals surface area contributed by atoms with Crippen molar-refractivity contribution in [3.63, 3.8) is 0 Å². The molecular weight excluding hydrogens is 214 g/mol. The van der Waals surface area contributed by atoms with Crippen LogP contribution in [0.5, 0.6) is 0 Å². The van der Waals surface area contributed by atoms with Crippen LogP contribution in [0.1, 0.15) is 47.9 Å². The molecule has 1 aromatic rings. The van der Waals surface area contributed by atoms with E-state index in [2.05, 4.69) is 19.1 Å². The standard InChI is InChI=1S/C14H21NS/c1-9-2-5-14(16-9)13(15)8-12-7-10-3-4-11(12)6-10/h2,5,10-13H,3-4,6-8,15H2,1H3. The van der Waals surface area contributed by atoms with Crippen molar-refractivity contribution in [1.82, 2.24) is 0 Å². The number of rotatable bonds is 3. The van der Waals surface area contributed by atoms with Gasteiger partial charge in [-0.2, -0.15) is 0 Å². The Hall–Kier alpha value is -0.340. The maximum absolute atomic E-state index is 6.33. The highest BCUT2D eigenvalue weighted by Gasteiger charge is 2.39. The van der Waals surface area contributed by atoms with Gasteiger partial charge >= 0.3 is 0 Å². The second-order valence-corrected chi connectivity index (χ2v) is 7.05. The zero-order valence-corrected chi connectivity index (χ0v) is 10.8. The first kappa shape index (κ1) is 10.8. The smallest absolute Gasteiger partial charge is 0.0392 e. The number of nitrogens with two attached hydrogens (primary N) is 1. The summed E-state index contributed by atoms with van der Waals surface area (Å²) < 4.78 is 0. The molecule has 2 bridgehead atoms. The molecule has 0 radical (unpaired) electrons. The van der Waals surface area contributed by atoms with Gasteiger partial charge in [0.25, 0.3) is 0 Å². The fourth-order valence-electron chi connectivity index (χ4n) is 3.76. The zero-order chi connectivity index (χ0) is 11.1. The average molecular weight is 235 g/mol. The van der Waals surface area contributed by atoms with Crippen LogP contribution < -0.4 is 5.73 Å². The highest BCUT2D eigenvalue weighted by atomic mass is 32.1. The topological polar surface area (TPSA) is 26.0 Å². The molecule has 0 aromatic carbocycles. The summed E-state index contributed by atoms with van der Waals surface area (Å²) in [6.07, 6.45) is 7.16. The molecule has 1 nitrogen and oxygen atoms in total. The molecule has 0 amide bonds. The van der Waals surface area contributed by atoms with E-state index in [-0.39, 0.29) is 0 Å². The molecule has 2 N–H and O–H groups in total. The van der Waals surface area contributed by atoms with E-state index in [1.165, 1.54) is 41.9 Å². The molecule has 2 saturated carbocycles. The maximum atomic E-state index is 6.33. The summed E-state index contributed by atoms with van der Waals surface area (Å²) in [5.41, 5.74) is 6.33. The number of hydrogen-bond donors (Lipinski definition) is 1. The molecule has 3 rings (SSSR count). The Morgan fingerprint density at radius 3 is 2.81 bits per heavy atom. The second-order valence-electron chi connectivity index (χ2n) is 5.73. The van der Waals surface area contributed by atoms with Gasteiger partial charge < -0.3 is 5.73 Å². The first-order valence-electron chi connectivity index (χ1n) is 6.54. The molecule has 2 fully saturated rings. The highest BCUT2D eigenvalue weighted by molar-refractivity contribution is 7.12. The average Bonchev–Trinajstić information content (AvgIpc) is 2.92. The molecule has 0 saturated heterocycles. The van der Waals surface area contributed by atoms with Gasteiger partial charge in [-0.25, -0.2) is 0 Å². The molecule has 16 heavy (non-hydrogen) atoms. The molecule has 2 aliphatic carbocycles. The normalized spacial score (nSPS) is 34.5. The Morgan fingerprint density at radius 2 is 2.25 bits per heavy atom. The fourth-order valence-corrected chi connectivity index (χ4v) is 4.65. The number of hydrogen-bond acceptors (Lipinski definition) is 2. The van der Waals surface area contributed by atoms with Gasteiger partial charge in [0, 0.05) is 15.8 Å². The van der Waals surface area contributed by atoms with Gasteiger partial charge in [0.15, 0.2) is 0 Å². The minimum atomic E-state index is 0.294. The molecule has 2 heteroatoms. The first-order valence-corrected chi connectivity index (χ1v) is 7.36. The van der Waals surface area contributed by atoms with Gasteiger partial charge in [0.05, 0.1) is 0 Å². The van der Waals surface area contributed by atoms with Crippen LogP contribution in [0.3, 0.4) is 0 Å². The molecule has 1 aromatic heterocycles. The lowest BCUT2D eigenvalue weighted by atomic mass is 9.84.